The number of carbonyl (C=O) groups is 1. The van der Waals surface area contributed by atoms with E-state index in [1.165, 1.54) is 0 Å². The molecule has 1 unspecified atom stereocenters. The Morgan fingerprint density at radius 1 is 1.52 bits per heavy atom. The van der Waals surface area contributed by atoms with Crippen LogP contribution in [0.1, 0.15) is 27.0 Å². The highest BCUT2D eigenvalue weighted by molar-refractivity contribution is 7.89. The number of aromatic carboxylic acids is 1. The Labute approximate surface area is 126 Å². The molecule has 3 N–H and O–H groups in total. The summed E-state index contributed by atoms with van der Waals surface area (Å²) in [6.45, 7) is 3.70. The second kappa shape index (κ2) is 5.96. The average Bonchev–Trinajstić information content (AvgIpc) is 2.97. The fraction of sp³-hybridized carbons (Fsp3) is 0.333. The highest BCUT2D eigenvalue weighted by Crippen LogP contribution is 2.18. The van der Waals surface area contributed by atoms with E-state index < -0.39 is 21.0 Å². The third-order valence-corrected chi connectivity index (χ3v) is 5.35. The monoisotopic (exact) mass is 329 g/mol. The highest BCUT2D eigenvalue weighted by atomic mass is 32.2. The van der Waals surface area contributed by atoms with Crippen LogP contribution in [0.2, 0.25) is 0 Å². The van der Waals surface area contributed by atoms with Crippen LogP contribution >= 0.6 is 11.3 Å². The van der Waals surface area contributed by atoms with Crippen LogP contribution < -0.4 is 4.72 Å². The van der Waals surface area contributed by atoms with Crippen LogP contribution in [0.25, 0.3) is 0 Å². The number of aryl methyl sites for hydroxylation is 1. The lowest BCUT2D eigenvalue weighted by molar-refractivity contribution is 0.0692. The molecule has 21 heavy (non-hydrogen) atoms. The summed E-state index contributed by atoms with van der Waals surface area (Å²) in [5.41, 5.74) is -0.373. The van der Waals surface area contributed by atoms with Gasteiger partial charge in [-0.2, -0.15) is 5.10 Å². The molecule has 9 heteroatoms. The van der Waals surface area contributed by atoms with Crippen molar-refractivity contribution in [3.05, 3.63) is 33.6 Å². The molecule has 2 aromatic rings. The van der Waals surface area contributed by atoms with Crippen molar-refractivity contribution in [3.8, 4) is 0 Å². The van der Waals surface area contributed by atoms with Crippen molar-refractivity contribution in [1.29, 1.82) is 0 Å². The lowest BCUT2D eigenvalue weighted by atomic mass is 10.2. The van der Waals surface area contributed by atoms with E-state index in [2.05, 4.69) is 14.9 Å². The molecule has 0 aliphatic rings. The molecule has 0 fully saturated rings. The van der Waals surface area contributed by atoms with Gasteiger partial charge in [0.05, 0.1) is 6.20 Å². The Balaban J connectivity index is 2.13. The maximum absolute atomic E-state index is 12.2. The van der Waals surface area contributed by atoms with E-state index >= 15 is 0 Å². The van der Waals surface area contributed by atoms with Crippen LogP contribution in [0.3, 0.4) is 0 Å². The first-order chi connectivity index (χ1) is 9.79. The molecule has 0 bridgehead atoms. The third kappa shape index (κ3) is 3.69. The van der Waals surface area contributed by atoms with Crippen LogP contribution in [-0.4, -0.2) is 35.7 Å². The lowest BCUT2D eigenvalue weighted by Crippen LogP contribution is -2.34. The maximum Gasteiger partial charge on any atom is 0.340 e. The van der Waals surface area contributed by atoms with E-state index in [0.717, 1.165) is 16.0 Å². The van der Waals surface area contributed by atoms with Gasteiger partial charge in [0.2, 0.25) is 0 Å². The van der Waals surface area contributed by atoms with Gasteiger partial charge in [-0.3, -0.25) is 5.10 Å². The van der Waals surface area contributed by atoms with Crippen molar-refractivity contribution < 1.29 is 18.3 Å². The molecule has 2 heterocycles. The zero-order valence-electron chi connectivity index (χ0n) is 11.5. The molecule has 7 nitrogen and oxygen atoms in total. The SMILES string of the molecule is Cc1ccc(CC(C)NS(=O)(=O)c2[nH]ncc2C(=O)O)s1. The summed E-state index contributed by atoms with van der Waals surface area (Å²) in [5.74, 6) is -1.34. The predicted octanol–water partition coefficient (Wildman–Crippen LogP) is 1.39. The van der Waals surface area contributed by atoms with Gasteiger partial charge in [-0.1, -0.05) is 0 Å². The first kappa shape index (κ1) is 15.7. The molecule has 0 saturated carbocycles. The zero-order chi connectivity index (χ0) is 15.6. The van der Waals surface area contributed by atoms with Gasteiger partial charge >= 0.3 is 5.97 Å². The quantitative estimate of drug-likeness (QED) is 0.741. The molecule has 1 atom stereocenters. The summed E-state index contributed by atoms with van der Waals surface area (Å²) in [6, 6.07) is 3.56. The van der Waals surface area contributed by atoms with E-state index in [9.17, 15) is 13.2 Å². The first-order valence-corrected chi connectivity index (χ1v) is 8.44. The van der Waals surface area contributed by atoms with Gasteiger partial charge in [0.25, 0.3) is 10.0 Å². The molecule has 0 aliphatic heterocycles. The Bertz CT molecular complexity index is 748. The van der Waals surface area contributed by atoms with Gasteiger partial charge in [0.15, 0.2) is 5.03 Å². The van der Waals surface area contributed by atoms with Gasteiger partial charge in [0, 0.05) is 15.8 Å². The second-order valence-corrected chi connectivity index (χ2v) is 7.68. The molecule has 0 amide bonds. The maximum atomic E-state index is 12.2. The number of rotatable bonds is 6. The number of nitrogens with one attached hydrogen (secondary N) is 2. The fourth-order valence-corrected chi connectivity index (χ4v) is 4.25. The number of nitrogens with zero attached hydrogens (tertiary/aromatic N) is 1. The normalized spacial score (nSPS) is 13.2. The second-order valence-electron chi connectivity index (χ2n) is 4.66. The number of hydrogen-bond acceptors (Lipinski definition) is 5. The van der Waals surface area contributed by atoms with Crippen LogP contribution in [0.15, 0.2) is 23.4 Å². The summed E-state index contributed by atoms with van der Waals surface area (Å²) >= 11 is 1.60. The van der Waals surface area contributed by atoms with Crippen molar-refractivity contribution in [2.24, 2.45) is 0 Å². The predicted molar refractivity (Wildman–Crippen MR) is 78.1 cm³/mol. The molecule has 114 valence electrons. The number of aromatic nitrogens is 2. The summed E-state index contributed by atoms with van der Waals surface area (Å²) in [7, 11) is -3.95. The highest BCUT2D eigenvalue weighted by Gasteiger charge is 2.26. The number of aromatic amines is 1. The Kier molecular flexibility index (Phi) is 4.45. The van der Waals surface area contributed by atoms with Gasteiger partial charge in [0.1, 0.15) is 5.56 Å². The number of H-pyrrole nitrogens is 1. The average molecular weight is 329 g/mol. The minimum absolute atomic E-state index is 0.363. The minimum Gasteiger partial charge on any atom is -0.478 e. The summed E-state index contributed by atoms with van der Waals surface area (Å²) in [5, 5.41) is 14.2. The van der Waals surface area contributed by atoms with E-state index in [0.29, 0.717) is 6.42 Å². The molecular weight excluding hydrogens is 314 g/mol. The van der Waals surface area contributed by atoms with E-state index in [1.807, 2.05) is 19.1 Å². The Morgan fingerprint density at radius 2 is 2.24 bits per heavy atom. The van der Waals surface area contributed by atoms with Crippen molar-refractivity contribution in [2.75, 3.05) is 0 Å². The number of sulfonamides is 1. The van der Waals surface area contributed by atoms with E-state index in [-0.39, 0.29) is 11.6 Å². The van der Waals surface area contributed by atoms with Crippen molar-refractivity contribution >= 4 is 27.3 Å². The minimum atomic E-state index is -3.95. The van der Waals surface area contributed by atoms with Crippen LogP contribution in [0.5, 0.6) is 0 Å². The summed E-state index contributed by atoms with van der Waals surface area (Å²) < 4.78 is 26.8. The van der Waals surface area contributed by atoms with Crippen molar-refractivity contribution in [2.45, 2.75) is 31.3 Å². The standard InChI is InChI=1S/C12H15N3O4S2/c1-7(5-9-4-3-8(2)20-9)15-21(18,19)11-10(12(16)17)6-13-14-11/h3-4,6-7,15H,5H2,1-2H3,(H,13,14)(H,16,17). The number of hydrogen-bond donors (Lipinski definition) is 3. The molecule has 0 radical (unpaired) electrons. The fourth-order valence-electron chi connectivity index (χ4n) is 1.89. The lowest BCUT2D eigenvalue weighted by Gasteiger charge is -2.12. The molecule has 2 rings (SSSR count). The largest absolute Gasteiger partial charge is 0.478 e. The smallest absolute Gasteiger partial charge is 0.340 e. The molecule has 0 aliphatic carbocycles. The molecular formula is C12H15N3O4S2. The third-order valence-electron chi connectivity index (χ3n) is 2.76. The topological polar surface area (TPSA) is 112 Å². The van der Waals surface area contributed by atoms with Gasteiger partial charge in [-0.05, 0) is 32.4 Å². The first-order valence-electron chi connectivity index (χ1n) is 6.14. The zero-order valence-corrected chi connectivity index (χ0v) is 13.1. The number of carboxylic acid groups (broad SMARTS) is 1. The molecule has 0 saturated heterocycles. The van der Waals surface area contributed by atoms with Crippen LogP contribution in [0.4, 0.5) is 0 Å². The van der Waals surface area contributed by atoms with E-state index in [1.54, 1.807) is 18.3 Å². The van der Waals surface area contributed by atoms with Crippen molar-refractivity contribution in [3.63, 3.8) is 0 Å². The van der Waals surface area contributed by atoms with Gasteiger partial charge in [-0.25, -0.2) is 17.9 Å². The van der Waals surface area contributed by atoms with Gasteiger partial charge in [-0.15, -0.1) is 11.3 Å². The van der Waals surface area contributed by atoms with Crippen molar-refractivity contribution in [1.82, 2.24) is 14.9 Å². The summed E-state index contributed by atoms with van der Waals surface area (Å²) in [6.07, 6.45) is 1.51. The van der Waals surface area contributed by atoms with E-state index in [4.69, 9.17) is 5.11 Å². The number of carboxylic acids is 1. The molecule has 0 spiro atoms. The van der Waals surface area contributed by atoms with Crippen LogP contribution in [0, 0.1) is 6.92 Å². The summed E-state index contributed by atoms with van der Waals surface area (Å²) in [4.78, 5) is 13.2. The Morgan fingerprint density at radius 3 is 2.81 bits per heavy atom. The molecule has 0 aromatic carbocycles. The molecule has 2 aromatic heterocycles. The van der Waals surface area contributed by atoms with Crippen LogP contribution in [-0.2, 0) is 16.4 Å². The van der Waals surface area contributed by atoms with Gasteiger partial charge < -0.3 is 5.11 Å². The Hall–Kier alpha value is -1.71. The number of thiophene rings is 1.